The van der Waals surface area contributed by atoms with Gasteiger partial charge in [-0.05, 0) is 81.4 Å². The highest BCUT2D eigenvalue weighted by Crippen LogP contribution is 2.34. The molecule has 0 aliphatic carbocycles. The molecule has 0 bridgehead atoms. The Bertz CT molecular complexity index is 1570. The Hall–Kier alpha value is -4.94. The van der Waals surface area contributed by atoms with Crippen LogP contribution in [0.2, 0.25) is 0 Å². The van der Waals surface area contributed by atoms with Crippen LogP contribution in [0.1, 0.15) is 81.2 Å². The number of piperidine rings is 1. The van der Waals surface area contributed by atoms with E-state index in [4.69, 9.17) is 16.7 Å². The number of hydrogen-bond acceptors (Lipinski definition) is 9. The normalized spacial score (nSPS) is 17.1. The van der Waals surface area contributed by atoms with Crippen molar-refractivity contribution < 1.29 is 32.7 Å². The van der Waals surface area contributed by atoms with Crippen LogP contribution in [0, 0.1) is 23.2 Å². The van der Waals surface area contributed by atoms with Gasteiger partial charge in [0.1, 0.15) is 23.5 Å². The number of alkyl halides is 3. The molecule has 2 aliphatic rings. The molecule has 0 unspecified atom stereocenters. The van der Waals surface area contributed by atoms with E-state index in [-0.39, 0.29) is 48.0 Å². The number of nitrogens with zero attached hydrogens (tertiary/aromatic N) is 6. The van der Waals surface area contributed by atoms with Gasteiger partial charge in [0, 0.05) is 51.6 Å². The summed E-state index contributed by atoms with van der Waals surface area (Å²) in [4.78, 5) is 52.3. The summed E-state index contributed by atoms with van der Waals surface area (Å²) in [5.41, 5.74) is 12.1. The zero-order valence-electron chi connectivity index (χ0n) is 28.6. The number of guanidine groups is 1. The third-order valence-electron chi connectivity index (χ3n) is 9.43. The van der Waals surface area contributed by atoms with E-state index in [1.165, 1.54) is 6.07 Å². The number of halogens is 3. The van der Waals surface area contributed by atoms with Gasteiger partial charge >= 0.3 is 12.1 Å². The van der Waals surface area contributed by atoms with Gasteiger partial charge < -0.3 is 31.7 Å². The molecule has 6 N–H and O–H groups in total. The Morgan fingerprint density at radius 3 is 2.41 bits per heavy atom. The van der Waals surface area contributed by atoms with Crippen molar-refractivity contribution in [2.45, 2.75) is 82.8 Å². The van der Waals surface area contributed by atoms with Crippen LogP contribution >= 0.6 is 0 Å². The molecule has 276 valence electrons. The molecule has 2 atom stereocenters. The number of carbonyl (C=O) groups is 3. The van der Waals surface area contributed by atoms with Gasteiger partial charge in [0.2, 0.25) is 11.7 Å². The molecule has 0 saturated carbocycles. The van der Waals surface area contributed by atoms with Crippen molar-refractivity contribution in [3.8, 4) is 6.07 Å². The Labute approximate surface area is 295 Å². The highest BCUT2D eigenvalue weighted by atomic mass is 19.4. The number of aromatic nitrogens is 2. The molecule has 0 radical (unpaired) electrons. The second-order valence-electron chi connectivity index (χ2n) is 13.2. The number of aliphatic imine (C=N–C) groups is 1. The molecule has 4 rings (SSSR count). The number of ketones is 1. The van der Waals surface area contributed by atoms with Crippen molar-refractivity contribution in [1.82, 2.24) is 15.3 Å². The Kier molecular flexibility index (Phi) is 14.0. The predicted molar refractivity (Wildman–Crippen MR) is 185 cm³/mol. The maximum atomic E-state index is 14.0. The first-order valence-electron chi connectivity index (χ1n) is 17.4. The first-order chi connectivity index (χ1) is 24.3. The monoisotopic (exact) mass is 713 g/mol. The van der Waals surface area contributed by atoms with Crippen LogP contribution < -0.4 is 26.6 Å². The summed E-state index contributed by atoms with van der Waals surface area (Å²) in [6.07, 6.45) is 0.585. The number of carbonyl (C=O) groups excluding carboxylic acids is 2. The Morgan fingerprint density at radius 1 is 1.06 bits per heavy atom. The largest absolute Gasteiger partial charge is 0.481 e. The molecule has 3 heterocycles. The Morgan fingerprint density at radius 2 is 1.76 bits per heavy atom. The van der Waals surface area contributed by atoms with Crippen LogP contribution in [0.25, 0.3) is 0 Å². The molecule has 1 amide bonds. The number of benzene rings is 1. The Balaban J connectivity index is 1.30. The number of amides is 1. The van der Waals surface area contributed by atoms with E-state index in [9.17, 15) is 32.7 Å². The van der Waals surface area contributed by atoms with E-state index in [1.54, 1.807) is 17.0 Å². The molecule has 13 nitrogen and oxygen atoms in total. The highest BCUT2D eigenvalue weighted by molar-refractivity contribution is 5.86. The number of aliphatic carboxylic acids is 1. The fourth-order valence-electron chi connectivity index (χ4n) is 6.64. The van der Waals surface area contributed by atoms with Gasteiger partial charge in [-0.25, -0.2) is 9.97 Å². The van der Waals surface area contributed by atoms with Crippen LogP contribution in [0.3, 0.4) is 0 Å². The summed E-state index contributed by atoms with van der Waals surface area (Å²) in [7, 11) is 0. The third kappa shape index (κ3) is 11.8. The van der Waals surface area contributed by atoms with Gasteiger partial charge in [0.05, 0.1) is 17.6 Å². The first-order valence-corrected chi connectivity index (χ1v) is 17.4. The van der Waals surface area contributed by atoms with Gasteiger partial charge in [-0.15, -0.1) is 0 Å². The van der Waals surface area contributed by atoms with Crippen molar-refractivity contribution in [2.75, 3.05) is 42.5 Å². The summed E-state index contributed by atoms with van der Waals surface area (Å²) >= 11 is 0. The van der Waals surface area contributed by atoms with Crippen LogP contribution in [-0.4, -0.2) is 77.5 Å². The highest BCUT2D eigenvalue weighted by Gasteiger charge is 2.39. The number of Topliss-reactive ketones (excluding diaryl/α,β-unsaturated/α-hetero) is 1. The second kappa shape index (κ2) is 18.3. The van der Waals surface area contributed by atoms with E-state index < -0.39 is 29.9 Å². The molecular formula is C35H46F3N9O4. The predicted octanol–water partition coefficient (Wildman–Crippen LogP) is 3.80. The number of carboxylic acid groups (broad SMARTS) is 1. The van der Waals surface area contributed by atoms with E-state index in [0.29, 0.717) is 89.7 Å². The molecule has 2 saturated heterocycles. The number of nitrogens with two attached hydrogens (primary N) is 2. The molecule has 2 aromatic rings. The van der Waals surface area contributed by atoms with Crippen LogP contribution in [-0.2, 0) is 27.0 Å². The SMILES string of the molecule is N#Cc1ccc(CCNC(=O)[C@@H]2CCCN2c2cc(N3CCC(CCCC(=O)C[C@@H](CCCN=C(N)N)C(=O)O)CC3)nc(C(F)(F)F)n2)cc1. The summed E-state index contributed by atoms with van der Waals surface area (Å²) in [5.74, 6) is -3.04. The minimum absolute atomic E-state index is 0.0503. The molecule has 1 aromatic heterocycles. The van der Waals surface area contributed by atoms with Gasteiger partial charge in [0.25, 0.3) is 0 Å². The lowest BCUT2D eigenvalue weighted by Crippen LogP contribution is -2.44. The van der Waals surface area contributed by atoms with Crippen molar-refractivity contribution in [3.63, 3.8) is 0 Å². The van der Waals surface area contributed by atoms with Crippen molar-refractivity contribution in [3.05, 3.63) is 47.3 Å². The molecule has 2 aliphatic heterocycles. The quantitative estimate of drug-likeness (QED) is 0.105. The fourth-order valence-corrected chi connectivity index (χ4v) is 6.64. The van der Waals surface area contributed by atoms with Crippen LogP contribution in [0.4, 0.5) is 24.8 Å². The van der Waals surface area contributed by atoms with Gasteiger partial charge in [0.15, 0.2) is 5.96 Å². The number of rotatable bonds is 17. The van der Waals surface area contributed by atoms with Gasteiger partial charge in [-0.2, -0.15) is 18.4 Å². The summed E-state index contributed by atoms with van der Waals surface area (Å²) in [5, 5.41) is 21.4. The lowest BCUT2D eigenvalue weighted by Gasteiger charge is -2.34. The summed E-state index contributed by atoms with van der Waals surface area (Å²) in [6, 6.07) is 9.97. The smallest absolute Gasteiger partial charge is 0.451 e. The zero-order valence-corrected chi connectivity index (χ0v) is 28.6. The maximum absolute atomic E-state index is 14.0. The lowest BCUT2D eigenvalue weighted by molar-refractivity contribution is -0.145. The second-order valence-corrected chi connectivity index (χ2v) is 13.2. The van der Waals surface area contributed by atoms with Gasteiger partial charge in [-0.1, -0.05) is 12.1 Å². The molecule has 1 aromatic carbocycles. The van der Waals surface area contributed by atoms with Gasteiger partial charge in [-0.3, -0.25) is 19.4 Å². The van der Waals surface area contributed by atoms with Crippen molar-refractivity contribution in [1.29, 1.82) is 5.26 Å². The average Bonchev–Trinajstić information content (AvgIpc) is 3.60. The van der Waals surface area contributed by atoms with Crippen molar-refractivity contribution in [2.24, 2.45) is 28.3 Å². The van der Waals surface area contributed by atoms with E-state index in [1.807, 2.05) is 17.0 Å². The topological polar surface area (TPSA) is 204 Å². The zero-order chi connectivity index (χ0) is 37.0. The third-order valence-corrected chi connectivity index (χ3v) is 9.43. The van der Waals surface area contributed by atoms with Crippen LogP contribution in [0.5, 0.6) is 0 Å². The number of carboxylic acids is 1. The lowest BCUT2D eigenvalue weighted by atomic mass is 9.89. The van der Waals surface area contributed by atoms with E-state index >= 15 is 0 Å². The summed E-state index contributed by atoms with van der Waals surface area (Å²) in [6.45, 7) is 1.97. The molecule has 16 heteroatoms. The average molecular weight is 714 g/mol. The minimum atomic E-state index is -4.78. The fraction of sp³-hybridized carbons (Fsp3) is 0.571. The number of hydrogen-bond donors (Lipinski definition) is 4. The first kappa shape index (κ1) is 38.9. The minimum Gasteiger partial charge on any atom is -0.481 e. The standard InChI is InChI=1S/C35H46F3N9O4/c36-35(37,38)33-44-29(21-30(45-33)47-17-3-7-28(47)31(49)42-16-12-24-8-10-25(22-39)11-9-24)46-18-13-23(14-19-46)4-1-6-27(48)20-26(32(50)51)5-2-15-43-34(40)41/h8-11,21,23,26,28H,1-7,12-20H2,(H,42,49)(H,50,51)(H4,40,41,43)/t26-,28+/m1/s1. The molecular weight excluding hydrogens is 667 g/mol. The molecule has 51 heavy (non-hydrogen) atoms. The van der Waals surface area contributed by atoms with Crippen molar-refractivity contribution >= 4 is 35.3 Å². The molecule has 0 spiro atoms. The number of anilines is 2. The molecule has 2 fully saturated rings. The summed E-state index contributed by atoms with van der Waals surface area (Å²) < 4.78 is 42.0. The number of nitrogens with one attached hydrogen (secondary N) is 1. The van der Waals surface area contributed by atoms with Crippen LogP contribution in [0.15, 0.2) is 35.3 Å². The van der Waals surface area contributed by atoms with E-state index in [0.717, 1.165) is 12.0 Å². The maximum Gasteiger partial charge on any atom is 0.451 e. The van der Waals surface area contributed by atoms with E-state index in [2.05, 4.69) is 26.3 Å². The number of nitriles is 1.